The molecule has 25 heavy (non-hydrogen) atoms. The van der Waals surface area contributed by atoms with Crippen LogP contribution in [0.15, 0.2) is 36.8 Å². The summed E-state index contributed by atoms with van der Waals surface area (Å²) in [6, 6.07) is 4.73. The quantitative estimate of drug-likeness (QED) is 0.849. The minimum Gasteiger partial charge on any atom is -0.475 e. The smallest absolute Gasteiger partial charge is 0.250 e. The number of fused-ring (bicyclic) bond motifs is 1. The Kier molecular flexibility index (Phi) is 4.48. The molecule has 0 bridgehead atoms. The molecule has 2 fully saturated rings. The van der Waals surface area contributed by atoms with Crippen LogP contribution >= 0.6 is 0 Å². The fourth-order valence-electron chi connectivity index (χ4n) is 3.82. The van der Waals surface area contributed by atoms with Gasteiger partial charge >= 0.3 is 0 Å². The number of pyridine rings is 1. The molecule has 132 valence electrons. The van der Waals surface area contributed by atoms with Crippen LogP contribution in [-0.4, -0.2) is 47.4 Å². The summed E-state index contributed by atoms with van der Waals surface area (Å²) in [5.74, 6) is 0.329. The second-order valence-electron chi connectivity index (χ2n) is 6.66. The van der Waals surface area contributed by atoms with Crippen molar-refractivity contribution in [3.63, 3.8) is 0 Å². The van der Waals surface area contributed by atoms with E-state index in [1.807, 2.05) is 6.07 Å². The number of hydrogen-bond acceptors (Lipinski definition) is 6. The van der Waals surface area contributed by atoms with Gasteiger partial charge in [0.2, 0.25) is 11.8 Å². The summed E-state index contributed by atoms with van der Waals surface area (Å²) in [6.45, 7) is 2.71. The normalized spacial score (nSPS) is 26.1. The SMILES string of the molecule is Fc1cccnc1OC[C@@]12CCCO[C@@H]1CCN(c1ncccn1)C2. The molecule has 2 atom stereocenters. The molecule has 0 N–H and O–H groups in total. The second kappa shape index (κ2) is 6.92. The Balaban J connectivity index is 1.55. The van der Waals surface area contributed by atoms with Crippen molar-refractivity contribution < 1.29 is 13.9 Å². The Bertz CT molecular complexity index is 717. The first kappa shape index (κ1) is 16.2. The third kappa shape index (κ3) is 3.28. The van der Waals surface area contributed by atoms with Gasteiger partial charge in [-0.05, 0) is 37.5 Å². The molecule has 0 saturated carbocycles. The molecule has 2 aliphatic heterocycles. The molecule has 0 amide bonds. The Morgan fingerprint density at radius 3 is 2.92 bits per heavy atom. The van der Waals surface area contributed by atoms with E-state index in [4.69, 9.17) is 9.47 Å². The lowest BCUT2D eigenvalue weighted by molar-refractivity contribution is -0.110. The predicted octanol–water partition coefficient (Wildman–Crippen LogP) is 2.47. The summed E-state index contributed by atoms with van der Waals surface area (Å²) in [4.78, 5) is 14.9. The monoisotopic (exact) mass is 344 g/mol. The standard InChI is InChI=1S/C18H21FN4O2/c19-14-4-1-7-20-16(14)25-13-18-6-2-11-24-15(18)5-10-23(12-18)17-21-8-3-9-22-17/h1,3-4,7-9,15H,2,5-6,10-13H2/t15-,18+/m1/s1. The second-order valence-corrected chi connectivity index (χ2v) is 6.66. The molecule has 0 aromatic carbocycles. The fourth-order valence-corrected chi connectivity index (χ4v) is 3.82. The summed E-state index contributed by atoms with van der Waals surface area (Å²) in [5.41, 5.74) is -0.209. The van der Waals surface area contributed by atoms with Gasteiger partial charge in [0.15, 0.2) is 5.82 Å². The summed E-state index contributed by atoms with van der Waals surface area (Å²) in [6.07, 6.45) is 7.95. The van der Waals surface area contributed by atoms with Crippen LogP contribution in [0, 0.1) is 11.2 Å². The fraction of sp³-hybridized carbons (Fsp3) is 0.500. The molecule has 0 aliphatic carbocycles. The average Bonchev–Trinajstić information content (AvgIpc) is 2.67. The minimum atomic E-state index is -0.439. The molecule has 0 unspecified atom stereocenters. The Morgan fingerprint density at radius 1 is 1.24 bits per heavy atom. The van der Waals surface area contributed by atoms with E-state index in [1.54, 1.807) is 18.5 Å². The largest absolute Gasteiger partial charge is 0.475 e. The number of rotatable bonds is 4. The maximum Gasteiger partial charge on any atom is 0.250 e. The first-order valence-corrected chi connectivity index (χ1v) is 8.64. The lowest BCUT2D eigenvalue weighted by Crippen LogP contribution is -2.57. The lowest BCUT2D eigenvalue weighted by Gasteiger charge is -2.50. The van der Waals surface area contributed by atoms with Crippen LogP contribution in [0.5, 0.6) is 5.88 Å². The highest BCUT2D eigenvalue weighted by Crippen LogP contribution is 2.41. The van der Waals surface area contributed by atoms with Gasteiger partial charge in [-0.1, -0.05) is 0 Å². The molecular weight excluding hydrogens is 323 g/mol. The van der Waals surface area contributed by atoms with E-state index in [-0.39, 0.29) is 17.4 Å². The summed E-state index contributed by atoms with van der Waals surface area (Å²) >= 11 is 0. The van der Waals surface area contributed by atoms with Crippen molar-refractivity contribution in [3.05, 3.63) is 42.6 Å². The van der Waals surface area contributed by atoms with Crippen LogP contribution in [0.2, 0.25) is 0 Å². The number of aromatic nitrogens is 3. The molecule has 2 aliphatic rings. The van der Waals surface area contributed by atoms with Gasteiger partial charge in [-0.15, -0.1) is 0 Å². The molecule has 4 rings (SSSR count). The third-order valence-electron chi connectivity index (χ3n) is 5.04. The Morgan fingerprint density at radius 2 is 2.08 bits per heavy atom. The van der Waals surface area contributed by atoms with Crippen LogP contribution < -0.4 is 9.64 Å². The van der Waals surface area contributed by atoms with E-state index >= 15 is 0 Å². The van der Waals surface area contributed by atoms with Crippen LogP contribution in [0.1, 0.15) is 19.3 Å². The minimum absolute atomic E-state index is 0.0503. The van der Waals surface area contributed by atoms with E-state index in [9.17, 15) is 4.39 Å². The van der Waals surface area contributed by atoms with E-state index in [0.29, 0.717) is 6.61 Å². The highest BCUT2D eigenvalue weighted by molar-refractivity contribution is 5.31. The number of piperidine rings is 1. The van der Waals surface area contributed by atoms with Crippen molar-refractivity contribution in [3.8, 4) is 5.88 Å². The van der Waals surface area contributed by atoms with Crippen LogP contribution in [-0.2, 0) is 4.74 Å². The van der Waals surface area contributed by atoms with Gasteiger partial charge in [-0.2, -0.15) is 0 Å². The summed E-state index contributed by atoms with van der Waals surface area (Å²) in [7, 11) is 0. The van der Waals surface area contributed by atoms with E-state index in [2.05, 4.69) is 19.9 Å². The maximum absolute atomic E-state index is 13.9. The third-order valence-corrected chi connectivity index (χ3v) is 5.04. The molecule has 2 saturated heterocycles. The van der Waals surface area contributed by atoms with Crippen LogP contribution in [0.4, 0.5) is 10.3 Å². The Hall–Kier alpha value is -2.28. The first-order valence-electron chi connectivity index (χ1n) is 8.64. The number of halogens is 1. The van der Waals surface area contributed by atoms with Crippen molar-refractivity contribution in [2.75, 3.05) is 31.2 Å². The summed E-state index contributed by atoms with van der Waals surface area (Å²) < 4.78 is 25.7. The zero-order chi connectivity index (χ0) is 17.1. The maximum atomic E-state index is 13.9. The molecule has 0 spiro atoms. The number of nitrogens with zero attached hydrogens (tertiary/aromatic N) is 4. The molecular formula is C18H21FN4O2. The van der Waals surface area contributed by atoms with Gasteiger partial charge in [0, 0.05) is 43.7 Å². The van der Waals surface area contributed by atoms with Crippen molar-refractivity contribution in [2.45, 2.75) is 25.4 Å². The van der Waals surface area contributed by atoms with Gasteiger partial charge in [0.25, 0.3) is 0 Å². The highest BCUT2D eigenvalue weighted by Gasteiger charge is 2.47. The molecule has 7 heteroatoms. The number of anilines is 1. The van der Waals surface area contributed by atoms with E-state index in [1.165, 1.54) is 12.3 Å². The molecule has 6 nitrogen and oxygen atoms in total. The topological polar surface area (TPSA) is 60.4 Å². The van der Waals surface area contributed by atoms with Crippen LogP contribution in [0.3, 0.4) is 0 Å². The van der Waals surface area contributed by atoms with Crippen molar-refractivity contribution in [2.24, 2.45) is 5.41 Å². The van der Waals surface area contributed by atoms with Gasteiger partial charge in [-0.25, -0.2) is 19.3 Å². The zero-order valence-corrected chi connectivity index (χ0v) is 14.0. The van der Waals surface area contributed by atoms with E-state index < -0.39 is 5.82 Å². The zero-order valence-electron chi connectivity index (χ0n) is 14.0. The predicted molar refractivity (Wildman–Crippen MR) is 90.0 cm³/mol. The molecule has 2 aromatic rings. The Labute approximate surface area is 146 Å². The highest BCUT2D eigenvalue weighted by atomic mass is 19.1. The van der Waals surface area contributed by atoms with Gasteiger partial charge in [-0.3, -0.25) is 0 Å². The molecule has 4 heterocycles. The van der Waals surface area contributed by atoms with Crippen LogP contribution in [0.25, 0.3) is 0 Å². The average molecular weight is 344 g/mol. The summed E-state index contributed by atoms with van der Waals surface area (Å²) in [5, 5.41) is 0. The molecule has 0 radical (unpaired) electrons. The van der Waals surface area contributed by atoms with Gasteiger partial charge in [0.05, 0.1) is 12.7 Å². The first-order chi connectivity index (χ1) is 12.3. The lowest BCUT2D eigenvalue weighted by atomic mass is 9.73. The van der Waals surface area contributed by atoms with E-state index in [0.717, 1.165) is 44.9 Å². The van der Waals surface area contributed by atoms with Crippen molar-refractivity contribution in [1.82, 2.24) is 15.0 Å². The van der Waals surface area contributed by atoms with Crippen molar-refractivity contribution >= 4 is 5.95 Å². The molecule has 2 aromatic heterocycles. The number of hydrogen-bond donors (Lipinski definition) is 0. The number of ether oxygens (including phenoxy) is 2. The van der Waals surface area contributed by atoms with Gasteiger partial charge in [0.1, 0.15) is 0 Å². The van der Waals surface area contributed by atoms with Gasteiger partial charge < -0.3 is 14.4 Å². The van der Waals surface area contributed by atoms with Crippen molar-refractivity contribution in [1.29, 1.82) is 0 Å².